The second-order valence-corrected chi connectivity index (χ2v) is 5.11. The van der Waals surface area contributed by atoms with Crippen molar-refractivity contribution in [1.29, 1.82) is 0 Å². The number of benzene rings is 2. The van der Waals surface area contributed by atoms with Gasteiger partial charge in [-0.1, -0.05) is 30.3 Å². The highest BCUT2D eigenvalue weighted by Gasteiger charge is 2.09. The molecule has 0 heterocycles. The number of carbonyl (C=O) groups is 1. The number of carbonyl (C=O) groups excluding carboxylic acids is 1. The van der Waals surface area contributed by atoms with Crippen LogP contribution in [0, 0.1) is 0 Å². The summed E-state index contributed by atoms with van der Waals surface area (Å²) in [5.41, 5.74) is 2.08. The topological polar surface area (TPSA) is 38.3 Å². The summed E-state index contributed by atoms with van der Waals surface area (Å²) in [6.45, 7) is 6.15. The standard InChI is InChI=1S/C17H16ClNO2/c1-12(2)11-21-14-9-7-13(8-10-14)19-17(20)15-5-3-4-6-16(15)18/h3-10H,1,11H2,2H3,(H,19,20). The molecule has 0 bridgehead atoms. The Labute approximate surface area is 129 Å². The number of halogens is 1. The molecule has 0 unspecified atom stereocenters. The fraction of sp³-hybridized carbons (Fsp3) is 0.118. The van der Waals surface area contributed by atoms with Gasteiger partial charge in [-0.25, -0.2) is 0 Å². The maximum Gasteiger partial charge on any atom is 0.257 e. The molecule has 2 rings (SSSR count). The zero-order chi connectivity index (χ0) is 15.2. The monoisotopic (exact) mass is 301 g/mol. The molecule has 108 valence electrons. The molecule has 0 saturated heterocycles. The lowest BCUT2D eigenvalue weighted by molar-refractivity contribution is 0.102. The molecule has 21 heavy (non-hydrogen) atoms. The van der Waals surface area contributed by atoms with Crippen LogP contribution in [0.25, 0.3) is 0 Å². The summed E-state index contributed by atoms with van der Waals surface area (Å²) in [6.07, 6.45) is 0. The summed E-state index contributed by atoms with van der Waals surface area (Å²) in [5, 5.41) is 3.22. The zero-order valence-electron chi connectivity index (χ0n) is 11.7. The van der Waals surface area contributed by atoms with Crippen LogP contribution in [-0.4, -0.2) is 12.5 Å². The molecule has 3 nitrogen and oxygen atoms in total. The first-order valence-corrected chi connectivity index (χ1v) is 6.87. The average Bonchev–Trinajstić information content (AvgIpc) is 2.47. The molecule has 4 heteroatoms. The van der Waals surface area contributed by atoms with Gasteiger partial charge in [0.2, 0.25) is 0 Å². The molecule has 1 amide bonds. The van der Waals surface area contributed by atoms with E-state index in [0.29, 0.717) is 22.9 Å². The Morgan fingerprint density at radius 2 is 1.86 bits per heavy atom. The SMILES string of the molecule is C=C(C)COc1ccc(NC(=O)c2ccccc2Cl)cc1. The molecule has 0 fully saturated rings. The minimum absolute atomic E-state index is 0.240. The molecule has 0 atom stereocenters. The first-order valence-electron chi connectivity index (χ1n) is 6.49. The van der Waals surface area contributed by atoms with E-state index < -0.39 is 0 Å². The van der Waals surface area contributed by atoms with E-state index in [4.69, 9.17) is 16.3 Å². The Morgan fingerprint density at radius 1 is 1.19 bits per heavy atom. The Bertz CT molecular complexity index is 650. The average molecular weight is 302 g/mol. The molecule has 0 saturated carbocycles. The predicted molar refractivity (Wildman–Crippen MR) is 86.2 cm³/mol. The summed E-state index contributed by atoms with van der Waals surface area (Å²) < 4.78 is 5.50. The maximum atomic E-state index is 12.1. The molecule has 0 spiro atoms. The van der Waals surface area contributed by atoms with Crippen LogP contribution in [0.4, 0.5) is 5.69 Å². The van der Waals surface area contributed by atoms with Gasteiger partial charge in [0, 0.05) is 5.69 Å². The van der Waals surface area contributed by atoms with Gasteiger partial charge in [0.15, 0.2) is 0 Å². The number of nitrogens with one attached hydrogen (secondary N) is 1. The van der Waals surface area contributed by atoms with E-state index in [9.17, 15) is 4.79 Å². The van der Waals surface area contributed by atoms with E-state index in [1.54, 1.807) is 48.5 Å². The van der Waals surface area contributed by atoms with E-state index >= 15 is 0 Å². The highest BCUT2D eigenvalue weighted by atomic mass is 35.5. The third kappa shape index (κ3) is 4.36. The predicted octanol–water partition coefficient (Wildman–Crippen LogP) is 4.55. The van der Waals surface area contributed by atoms with Gasteiger partial charge in [-0.3, -0.25) is 4.79 Å². The van der Waals surface area contributed by atoms with Gasteiger partial charge in [-0.2, -0.15) is 0 Å². The summed E-state index contributed by atoms with van der Waals surface area (Å²) in [6, 6.07) is 14.1. The van der Waals surface area contributed by atoms with Crippen molar-refractivity contribution in [3.8, 4) is 5.75 Å². The molecule has 0 aliphatic heterocycles. The molecular weight excluding hydrogens is 286 g/mol. The van der Waals surface area contributed by atoms with Crippen molar-refractivity contribution < 1.29 is 9.53 Å². The molecule has 2 aromatic carbocycles. The molecule has 0 aliphatic rings. The van der Waals surface area contributed by atoms with Crippen LogP contribution in [0.15, 0.2) is 60.7 Å². The van der Waals surface area contributed by atoms with Gasteiger partial charge in [0.1, 0.15) is 12.4 Å². The minimum atomic E-state index is -0.240. The van der Waals surface area contributed by atoms with Crippen molar-refractivity contribution in [1.82, 2.24) is 0 Å². The van der Waals surface area contributed by atoms with Gasteiger partial charge in [0.05, 0.1) is 10.6 Å². The number of ether oxygens (including phenoxy) is 1. The van der Waals surface area contributed by atoms with Gasteiger partial charge in [-0.05, 0) is 48.9 Å². The number of rotatable bonds is 5. The van der Waals surface area contributed by atoms with Gasteiger partial charge >= 0.3 is 0 Å². The number of hydrogen-bond donors (Lipinski definition) is 1. The second-order valence-electron chi connectivity index (χ2n) is 4.70. The van der Waals surface area contributed by atoms with Crippen molar-refractivity contribution in [3.63, 3.8) is 0 Å². The van der Waals surface area contributed by atoms with E-state index in [0.717, 1.165) is 11.3 Å². The summed E-state index contributed by atoms with van der Waals surface area (Å²) >= 11 is 5.99. The van der Waals surface area contributed by atoms with Crippen molar-refractivity contribution in [2.24, 2.45) is 0 Å². The maximum absolute atomic E-state index is 12.1. The van der Waals surface area contributed by atoms with Crippen molar-refractivity contribution in [3.05, 3.63) is 71.3 Å². The van der Waals surface area contributed by atoms with Crippen LogP contribution in [0.3, 0.4) is 0 Å². The third-order valence-electron chi connectivity index (χ3n) is 2.72. The first kappa shape index (κ1) is 15.1. The lowest BCUT2D eigenvalue weighted by Gasteiger charge is -2.09. The number of amides is 1. The van der Waals surface area contributed by atoms with E-state index in [1.807, 2.05) is 6.92 Å². The van der Waals surface area contributed by atoms with E-state index in [1.165, 1.54) is 0 Å². The quantitative estimate of drug-likeness (QED) is 0.823. The van der Waals surface area contributed by atoms with Gasteiger partial charge in [-0.15, -0.1) is 0 Å². The highest BCUT2D eigenvalue weighted by molar-refractivity contribution is 6.34. The van der Waals surface area contributed by atoms with Crippen LogP contribution in [0.2, 0.25) is 5.02 Å². The minimum Gasteiger partial charge on any atom is -0.489 e. The van der Waals surface area contributed by atoms with Crippen molar-refractivity contribution in [2.45, 2.75) is 6.92 Å². The lowest BCUT2D eigenvalue weighted by atomic mass is 10.2. The van der Waals surface area contributed by atoms with Crippen LogP contribution >= 0.6 is 11.6 Å². The summed E-state index contributed by atoms with van der Waals surface area (Å²) in [4.78, 5) is 12.1. The Hall–Kier alpha value is -2.26. The highest BCUT2D eigenvalue weighted by Crippen LogP contribution is 2.19. The van der Waals surface area contributed by atoms with Crippen molar-refractivity contribution in [2.75, 3.05) is 11.9 Å². The van der Waals surface area contributed by atoms with E-state index in [2.05, 4.69) is 11.9 Å². The molecule has 0 aromatic heterocycles. The molecule has 1 N–H and O–H groups in total. The normalized spacial score (nSPS) is 10.0. The van der Waals surface area contributed by atoms with E-state index in [-0.39, 0.29) is 5.91 Å². The molecule has 0 radical (unpaired) electrons. The largest absolute Gasteiger partial charge is 0.489 e. The Kier molecular flexibility index (Phi) is 5.01. The summed E-state index contributed by atoms with van der Waals surface area (Å²) in [7, 11) is 0. The van der Waals surface area contributed by atoms with Crippen LogP contribution in [0.5, 0.6) is 5.75 Å². The van der Waals surface area contributed by atoms with Crippen LogP contribution in [-0.2, 0) is 0 Å². The smallest absolute Gasteiger partial charge is 0.257 e. The number of anilines is 1. The van der Waals surface area contributed by atoms with Gasteiger partial charge in [0.25, 0.3) is 5.91 Å². The number of hydrogen-bond acceptors (Lipinski definition) is 2. The molecule has 2 aromatic rings. The fourth-order valence-electron chi connectivity index (χ4n) is 1.68. The van der Waals surface area contributed by atoms with Crippen LogP contribution < -0.4 is 10.1 Å². The first-order chi connectivity index (χ1) is 10.1. The zero-order valence-corrected chi connectivity index (χ0v) is 12.5. The fourth-order valence-corrected chi connectivity index (χ4v) is 1.91. The van der Waals surface area contributed by atoms with Crippen LogP contribution in [0.1, 0.15) is 17.3 Å². The lowest BCUT2D eigenvalue weighted by Crippen LogP contribution is -2.12. The molecular formula is C17H16ClNO2. The van der Waals surface area contributed by atoms with Gasteiger partial charge < -0.3 is 10.1 Å². The van der Waals surface area contributed by atoms with Crippen molar-refractivity contribution >= 4 is 23.2 Å². The summed E-state index contributed by atoms with van der Waals surface area (Å²) in [5.74, 6) is 0.491. The Balaban J connectivity index is 2.02. The molecule has 0 aliphatic carbocycles. The third-order valence-corrected chi connectivity index (χ3v) is 3.05. The Morgan fingerprint density at radius 3 is 2.48 bits per heavy atom. The second kappa shape index (κ2) is 6.95.